The highest BCUT2D eigenvalue weighted by Crippen LogP contribution is 2.30. The maximum absolute atomic E-state index is 13.3. The third-order valence-electron chi connectivity index (χ3n) is 6.24. The number of rotatable bonds is 7. The average molecular weight is 471 g/mol. The van der Waals surface area contributed by atoms with Crippen LogP contribution in [0.25, 0.3) is 10.9 Å². The Morgan fingerprint density at radius 1 is 1.18 bits per heavy atom. The summed E-state index contributed by atoms with van der Waals surface area (Å²) in [6.07, 6.45) is 2.43. The zero-order valence-corrected chi connectivity index (χ0v) is 19.3. The lowest BCUT2D eigenvalue weighted by atomic mass is 9.99. The number of aromatic amines is 1. The number of piperazine rings is 1. The Morgan fingerprint density at radius 3 is 2.58 bits per heavy atom. The van der Waals surface area contributed by atoms with Gasteiger partial charge in [-0.1, -0.05) is 30.3 Å². The van der Waals surface area contributed by atoms with Gasteiger partial charge < -0.3 is 4.98 Å². The number of benzene rings is 2. The number of nitro benzene ring substituents is 1. The Kier molecular flexibility index (Phi) is 6.33. The molecule has 9 nitrogen and oxygen atoms in total. The molecule has 0 unspecified atom stereocenters. The summed E-state index contributed by atoms with van der Waals surface area (Å²) in [5.74, 6) is 0.0162. The molecule has 1 aliphatic heterocycles. The molecule has 2 atom stereocenters. The number of nitrogens with one attached hydrogen (secondary N) is 1. The normalized spacial score (nSPS) is 18.9. The second-order valence-electron chi connectivity index (χ2n) is 8.37. The maximum Gasteiger partial charge on any atom is 0.289 e. The number of nitrogens with zero attached hydrogens (tertiary/aromatic N) is 3. The Bertz CT molecular complexity index is 1300. The quantitative estimate of drug-likeness (QED) is 0.419. The van der Waals surface area contributed by atoms with E-state index in [4.69, 9.17) is 0 Å². The number of hydrogen-bond donors (Lipinski definition) is 1. The average Bonchev–Trinajstić information content (AvgIpc) is 3.20. The van der Waals surface area contributed by atoms with Crippen LogP contribution in [-0.4, -0.2) is 65.0 Å². The molecule has 10 heteroatoms. The molecule has 0 aliphatic carbocycles. The van der Waals surface area contributed by atoms with Crippen molar-refractivity contribution in [1.82, 2.24) is 14.2 Å². The van der Waals surface area contributed by atoms with E-state index >= 15 is 0 Å². The Hall–Kier alpha value is -3.08. The first kappa shape index (κ1) is 23.1. The number of hydrogen-bond acceptors (Lipinski definition) is 6. The van der Waals surface area contributed by atoms with Gasteiger partial charge in [-0.3, -0.25) is 19.8 Å². The van der Waals surface area contributed by atoms with Gasteiger partial charge in [0.25, 0.3) is 5.69 Å². The minimum absolute atomic E-state index is 0.0162. The van der Waals surface area contributed by atoms with Gasteiger partial charge in [0.15, 0.2) is 4.90 Å². The second kappa shape index (κ2) is 9.05. The molecule has 0 radical (unpaired) electrons. The van der Waals surface area contributed by atoms with Crippen LogP contribution in [0.15, 0.2) is 59.6 Å². The van der Waals surface area contributed by atoms with Gasteiger partial charge in [0.05, 0.1) is 11.0 Å². The summed E-state index contributed by atoms with van der Waals surface area (Å²) >= 11 is 0. The van der Waals surface area contributed by atoms with Crippen molar-refractivity contribution in [3.05, 3.63) is 70.4 Å². The van der Waals surface area contributed by atoms with Crippen LogP contribution in [0, 0.1) is 10.1 Å². The van der Waals surface area contributed by atoms with Gasteiger partial charge >= 0.3 is 0 Å². The van der Waals surface area contributed by atoms with E-state index in [1.807, 2.05) is 35.4 Å². The summed E-state index contributed by atoms with van der Waals surface area (Å²) in [5.41, 5.74) is 1.60. The van der Waals surface area contributed by atoms with Gasteiger partial charge in [-0.25, -0.2) is 8.42 Å². The molecular formula is C23H26N4O5S. The number of sulfonamides is 1. The van der Waals surface area contributed by atoms with Crippen LogP contribution in [0.1, 0.15) is 19.4 Å². The van der Waals surface area contributed by atoms with Crippen LogP contribution < -0.4 is 0 Å². The van der Waals surface area contributed by atoms with E-state index in [-0.39, 0.29) is 23.3 Å². The molecule has 1 saturated heterocycles. The minimum atomic E-state index is -4.06. The minimum Gasteiger partial charge on any atom is -0.361 e. The molecule has 0 saturated carbocycles. The lowest BCUT2D eigenvalue weighted by Gasteiger charge is -2.41. The van der Waals surface area contributed by atoms with Crippen LogP contribution in [-0.2, 0) is 21.2 Å². The fourth-order valence-corrected chi connectivity index (χ4v) is 6.37. The number of nitro groups is 1. The standard InChI is InChI=1S/C23H26N4O5S/c1-16-15-25(22(17(2)28)13-18-14-24-20-8-4-3-7-19(18)20)11-12-26(16)33(31,32)23-10-6-5-9-21(23)27(29)30/h3-10,14,16,22,24H,11-13,15H2,1-2H3/t16-,22-/m0/s1. The van der Waals surface area contributed by atoms with Gasteiger partial charge in [-0.05, 0) is 38.0 Å². The number of carbonyl (C=O) groups excluding carboxylic acids is 1. The second-order valence-corrected chi connectivity index (χ2v) is 10.2. The molecule has 1 fully saturated rings. The van der Waals surface area contributed by atoms with E-state index < -0.39 is 26.7 Å². The Balaban J connectivity index is 1.55. The van der Waals surface area contributed by atoms with Crippen LogP contribution in [0.2, 0.25) is 0 Å². The molecule has 33 heavy (non-hydrogen) atoms. The van der Waals surface area contributed by atoms with E-state index in [0.717, 1.165) is 16.5 Å². The highest BCUT2D eigenvalue weighted by atomic mass is 32.2. The van der Waals surface area contributed by atoms with Crippen LogP contribution >= 0.6 is 0 Å². The molecule has 1 aliphatic rings. The summed E-state index contributed by atoms with van der Waals surface area (Å²) in [6.45, 7) is 4.18. The topological polar surface area (TPSA) is 117 Å². The summed E-state index contributed by atoms with van der Waals surface area (Å²) in [6, 6.07) is 12.4. The molecule has 2 aromatic carbocycles. The lowest BCUT2D eigenvalue weighted by Crippen LogP contribution is -2.58. The highest BCUT2D eigenvalue weighted by Gasteiger charge is 2.39. The molecule has 0 amide bonds. The molecular weight excluding hydrogens is 444 g/mol. The molecule has 3 aromatic rings. The van der Waals surface area contributed by atoms with Gasteiger partial charge in [0.1, 0.15) is 5.78 Å². The number of Topliss-reactive ketones (excluding diaryl/α,β-unsaturated/α-hetero) is 1. The van der Waals surface area contributed by atoms with Crippen molar-refractivity contribution in [3.8, 4) is 0 Å². The van der Waals surface area contributed by atoms with E-state index in [9.17, 15) is 23.3 Å². The molecule has 0 spiro atoms. The van der Waals surface area contributed by atoms with Crippen LogP contribution in [0.3, 0.4) is 0 Å². The number of H-pyrrole nitrogens is 1. The van der Waals surface area contributed by atoms with Crippen molar-refractivity contribution >= 4 is 32.4 Å². The molecule has 174 valence electrons. The smallest absolute Gasteiger partial charge is 0.289 e. The van der Waals surface area contributed by atoms with E-state index in [1.165, 1.54) is 28.6 Å². The Morgan fingerprint density at radius 2 is 1.88 bits per heavy atom. The molecule has 1 N–H and O–H groups in total. The van der Waals surface area contributed by atoms with Crippen LogP contribution in [0.4, 0.5) is 5.69 Å². The summed E-state index contributed by atoms with van der Waals surface area (Å²) in [7, 11) is -4.06. The largest absolute Gasteiger partial charge is 0.361 e. The SMILES string of the molecule is CC(=O)[C@H](Cc1c[nH]c2ccccc12)N1CCN(S(=O)(=O)c2ccccc2[N+](=O)[O-])[C@@H](C)C1. The summed E-state index contributed by atoms with van der Waals surface area (Å²) in [5, 5.41) is 12.4. The lowest BCUT2D eigenvalue weighted by molar-refractivity contribution is -0.387. The van der Waals surface area contributed by atoms with Gasteiger partial charge in [-0.15, -0.1) is 0 Å². The van der Waals surface area contributed by atoms with Gasteiger partial charge in [-0.2, -0.15) is 4.31 Å². The molecule has 1 aromatic heterocycles. The highest BCUT2D eigenvalue weighted by molar-refractivity contribution is 7.89. The van der Waals surface area contributed by atoms with Crippen molar-refractivity contribution in [1.29, 1.82) is 0 Å². The third-order valence-corrected chi connectivity index (χ3v) is 8.31. The summed E-state index contributed by atoms with van der Waals surface area (Å²) in [4.78, 5) is 28.2. The van der Waals surface area contributed by atoms with Crippen molar-refractivity contribution in [2.45, 2.75) is 37.2 Å². The van der Waals surface area contributed by atoms with Gasteiger partial charge in [0, 0.05) is 48.8 Å². The first-order valence-corrected chi connectivity index (χ1v) is 12.2. The van der Waals surface area contributed by atoms with Crippen molar-refractivity contribution in [3.63, 3.8) is 0 Å². The fourth-order valence-electron chi connectivity index (χ4n) is 4.60. The number of carbonyl (C=O) groups is 1. The fraction of sp³-hybridized carbons (Fsp3) is 0.348. The monoisotopic (exact) mass is 470 g/mol. The molecule has 2 heterocycles. The molecule has 4 rings (SSSR count). The Labute approximate surface area is 192 Å². The first-order chi connectivity index (χ1) is 15.7. The predicted molar refractivity (Wildman–Crippen MR) is 124 cm³/mol. The van der Waals surface area contributed by atoms with Crippen molar-refractivity contribution in [2.75, 3.05) is 19.6 Å². The number of fused-ring (bicyclic) bond motifs is 1. The van der Waals surface area contributed by atoms with E-state index in [1.54, 1.807) is 13.8 Å². The molecule has 0 bridgehead atoms. The van der Waals surface area contributed by atoms with Crippen molar-refractivity contribution in [2.24, 2.45) is 0 Å². The summed E-state index contributed by atoms with van der Waals surface area (Å²) < 4.78 is 27.8. The van der Waals surface area contributed by atoms with E-state index in [0.29, 0.717) is 19.5 Å². The van der Waals surface area contributed by atoms with Crippen LogP contribution in [0.5, 0.6) is 0 Å². The predicted octanol–water partition coefficient (Wildman–Crippen LogP) is 2.97. The third kappa shape index (κ3) is 4.41. The first-order valence-electron chi connectivity index (χ1n) is 10.7. The number of para-hydroxylation sites is 2. The van der Waals surface area contributed by atoms with E-state index in [2.05, 4.69) is 4.98 Å². The number of ketones is 1. The van der Waals surface area contributed by atoms with Crippen molar-refractivity contribution < 1.29 is 18.1 Å². The zero-order chi connectivity index (χ0) is 23.8. The number of aromatic nitrogens is 1. The van der Waals surface area contributed by atoms with Gasteiger partial charge in [0.2, 0.25) is 10.0 Å². The maximum atomic E-state index is 13.3. The zero-order valence-electron chi connectivity index (χ0n) is 18.5.